The minimum atomic E-state index is 0.179. The van der Waals surface area contributed by atoms with E-state index in [4.69, 9.17) is 4.74 Å². The van der Waals surface area contributed by atoms with Gasteiger partial charge in [0.2, 0.25) is 5.91 Å². The molecular formula is C22H26BrNO2. The fraction of sp³-hybridized carbons (Fsp3) is 0.409. The zero-order valence-corrected chi connectivity index (χ0v) is 16.9. The molecule has 1 aliphatic heterocycles. The molecule has 1 aliphatic rings. The van der Waals surface area contributed by atoms with Crippen molar-refractivity contribution in [3.8, 4) is 5.75 Å². The van der Waals surface area contributed by atoms with Gasteiger partial charge in [-0.3, -0.25) is 4.79 Å². The maximum absolute atomic E-state index is 13.0. The summed E-state index contributed by atoms with van der Waals surface area (Å²) < 4.78 is 6.33. The number of carbonyl (C=O) groups is 1. The van der Waals surface area contributed by atoms with E-state index >= 15 is 0 Å². The fourth-order valence-corrected chi connectivity index (χ4v) is 4.11. The van der Waals surface area contributed by atoms with Crippen LogP contribution >= 0.6 is 15.9 Å². The lowest BCUT2D eigenvalue weighted by atomic mass is 10.00. The predicted octanol–water partition coefficient (Wildman–Crippen LogP) is 5.53. The van der Waals surface area contributed by atoms with Crippen LogP contribution in [0.1, 0.15) is 49.3 Å². The highest BCUT2D eigenvalue weighted by atomic mass is 79.9. The fourth-order valence-electron chi connectivity index (χ4n) is 3.67. The Morgan fingerprint density at radius 2 is 1.96 bits per heavy atom. The number of benzene rings is 2. The minimum Gasteiger partial charge on any atom is -0.497 e. The Hall–Kier alpha value is -1.81. The first-order chi connectivity index (χ1) is 12.7. The van der Waals surface area contributed by atoms with E-state index in [9.17, 15) is 4.79 Å². The van der Waals surface area contributed by atoms with Crippen LogP contribution in [0.15, 0.2) is 53.0 Å². The molecule has 0 aliphatic carbocycles. The number of rotatable bonds is 5. The second-order valence-corrected chi connectivity index (χ2v) is 7.77. The van der Waals surface area contributed by atoms with Gasteiger partial charge >= 0.3 is 0 Å². The molecule has 2 aromatic rings. The number of ether oxygens (including phenoxy) is 1. The lowest BCUT2D eigenvalue weighted by Crippen LogP contribution is -2.35. The summed E-state index contributed by atoms with van der Waals surface area (Å²) in [6.07, 6.45) is 5.84. The molecule has 0 N–H and O–H groups in total. The van der Waals surface area contributed by atoms with E-state index in [1.807, 2.05) is 24.3 Å². The van der Waals surface area contributed by atoms with Gasteiger partial charge in [0.05, 0.1) is 13.2 Å². The second kappa shape index (κ2) is 9.22. The number of likely N-dealkylation sites (tertiary alicyclic amines) is 1. The first-order valence-electron chi connectivity index (χ1n) is 9.35. The first-order valence-corrected chi connectivity index (χ1v) is 10.1. The molecular weight excluding hydrogens is 390 g/mol. The van der Waals surface area contributed by atoms with Gasteiger partial charge in [0.1, 0.15) is 5.75 Å². The SMILES string of the molecule is COc1ccc(C2CCCCCN2C(=O)CCc2cccc(Br)c2)cc1. The van der Waals surface area contributed by atoms with Gasteiger partial charge in [0.25, 0.3) is 0 Å². The monoisotopic (exact) mass is 415 g/mol. The van der Waals surface area contributed by atoms with E-state index in [0.717, 1.165) is 36.0 Å². The summed E-state index contributed by atoms with van der Waals surface area (Å²) in [6, 6.07) is 16.6. The minimum absolute atomic E-state index is 0.179. The Morgan fingerprint density at radius 3 is 2.69 bits per heavy atom. The van der Waals surface area contributed by atoms with Crippen molar-refractivity contribution < 1.29 is 9.53 Å². The molecule has 0 aromatic heterocycles. The number of carbonyl (C=O) groups excluding carboxylic acids is 1. The summed E-state index contributed by atoms with van der Waals surface area (Å²) in [7, 11) is 1.68. The number of hydrogen-bond donors (Lipinski definition) is 0. The van der Waals surface area contributed by atoms with E-state index in [2.05, 4.69) is 45.1 Å². The van der Waals surface area contributed by atoms with Crippen molar-refractivity contribution in [1.82, 2.24) is 4.90 Å². The Bertz CT molecular complexity index is 729. The Kier molecular flexibility index (Phi) is 6.73. The Morgan fingerprint density at radius 1 is 1.15 bits per heavy atom. The topological polar surface area (TPSA) is 29.5 Å². The van der Waals surface area contributed by atoms with Crippen LogP contribution in [-0.2, 0) is 11.2 Å². The van der Waals surface area contributed by atoms with E-state index < -0.39 is 0 Å². The van der Waals surface area contributed by atoms with Crippen molar-refractivity contribution in [3.05, 3.63) is 64.1 Å². The van der Waals surface area contributed by atoms with Crippen LogP contribution in [0, 0.1) is 0 Å². The van der Waals surface area contributed by atoms with Crippen LogP contribution in [0.2, 0.25) is 0 Å². The highest BCUT2D eigenvalue weighted by molar-refractivity contribution is 9.10. The van der Waals surface area contributed by atoms with Crippen LogP contribution in [-0.4, -0.2) is 24.5 Å². The molecule has 1 atom stereocenters. The van der Waals surface area contributed by atoms with Crippen LogP contribution in [0.3, 0.4) is 0 Å². The molecule has 1 saturated heterocycles. The van der Waals surface area contributed by atoms with Crippen molar-refractivity contribution in [2.24, 2.45) is 0 Å². The Labute approximate surface area is 164 Å². The average Bonchev–Trinajstić information content (AvgIpc) is 2.92. The molecule has 0 saturated carbocycles. The van der Waals surface area contributed by atoms with Gasteiger partial charge in [-0.2, -0.15) is 0 Å². The third-order valence-electron chi connectivity index (χ3n) is 5.09. The molecule has 138 valence electrons. The molecule has 0 spiro atoms. The van der Waals surface area contributed by atoms with Gasteiger partial charge in [-0.15, -0.1) is 0 Å². The van der Waals surface area contributed by atoms with Crippen molar-refractivity contribution >= 4 is 21.8 Å². The normalized spacial score (nSPS) is 17.6. The number of aryl methyl sites for hydroxylation is 1. The smallest absolute Gasteiger partial charge is 0.223 e. The molecule has 26 heavy (non-hydrogen) atoms. The molecule has 0 bridgehead atoms. The van der Waals surface area contributed by atoms with Gasteiger partial charge in [0.15, 0.2) is 0 Å². The lowest BCUT2D eigenvalue weighted by Gasteiger charge is -2.31. The quantitative estimate of drug-likeness (QED) is 0.641. The van der Waals surface area contributed by atoms with Crippen molar-refractivity contribution in [1.29, 1.82) is 0 Å². The average molecular weight is 416 g/mol. The van der Waals surface area contributed by atoms with Crippen LogP contribution < -0.4 is 4.74 Å². The van der Waals surface area contributed by atoms with Crippen LogP contribution in [0.25, 0.3) is 0 Å². The molecule has 3 rings (SSSR count). The number of halogens is 1. The first kappa shape index (κ1) is 19.0. The summed E-state index contributed by atoms with van der Waals surface area (Å²) in [5.41, 5.74) is 2.41. The second-order valence-electron chi connectivity index (χ2n) is 6.86. The summed E-state index contributed by atoms with van der Waals surface area (Å²) >= 11 is 3.50. The molecule has 3 nitrogen and oxygen atoms in total. The third kappa shape index (κ3) is 4.88. The molecule has 0 radical (unpaired) electrons. The van der Waals surface area contributed by atoms with Gasteiger partial charge in [-0.25, -0.2) is 0 Å². The van der Waals surface area contributed by atoms with Crippen molar-refractivity contribution in [2.45, 2.75) is 44.6 Å². The van der Waals surface area contributed by atoms with Crippen LogP contribution in [0.5, 0.6) is 5.75 Å². The highest BCUT2D eigenvalue weighted by Gasteiger charge is 2.26. The summed E-state index contributed by atoms with van der Waals surface area (Å²) in [5, 5.41) is 0. The number of nitrogens with zero attached hydrogens (tertiary/aromatic N) is 1. The van der Waals surface area contributed by atoms with E-state index in [0.29, 0.717) is 6.42 Å². The molecule has 1 unspecified atom stereocenters. The maximum Gasteiger partial charge on any atom is 0.223 e. The molecule has 1 amide bonds. The maximum atomic E-state index is 13.0. The summed E-state index contributed by atoms with van der Waals surface area (Å²) in [4.78, 5) is 15.1. The lowest BCUT2D eigenvalue weighted by molar-refractivity contribution is -0.133. The molecule has 1 fully saturated rings. The van der Waals surface area contributed by atoms with Gasteiger partial charge in [0, 0.05) is 17.4 Å². The van der Waals surface area contributed by atoms with Gasteiger partial charge < -0.3 is 9.64 Å². The van der Waals surface area contributed by atoms with Crippen molar-refractivity contribution in [3.63, 3.8) is 0 Å². The predicted molar refractivity (Wildman–Crippen MR) is 108 cm³/mol. The zero-order chi connectivity index (χ0) is 18.4. The van der Waals surface area contributed by atoms with E-state index in [1.165, 1.54) is 24.0 Å². The standard InChI is InChI=1S/C22H26BrNO2/c1-26-20-12-10-18(11-13-20)21-8-3-2-4-15-24(21)22(25)14-9-17-6-5-7-19(23)16-17/h5-7,10-13,16,21H,2-4,8-9,14-15H2,1H3. The Balaban J connectivity index is 1.71. The largest absolute Gasteiger partial charge is 0.497 e. The molecule has 1 heterocycles. The van der Waals surface area contributed by atoms with E-state index in [-0.39, 0.29) is 11.9 Å². The van der Waals surface area contributed by atoms with E-state index in [1.54, 1.807) is 7.11 Å². The number of methoxy groups -OCH3 is 1. The highest BCUT2D eigenvalue weighted by Crippen LogP contribution is 2.31. The van der Waals surface area contributed by atoms with Gasteiger partial charge in [-0.1, -0.05) is 53.0 Å². The number of amides is 1. The number of hydrogen-bond acceptors (Lipinski definition) is 2. The zero-order valence-electron chi connectivity index (χ0n) is 15.3. The molecule has 2 aromatic carbocycles. The summed E-state index contributed by atoms with van der Waals surface area (Å²) in [6.45, 7) is 0.855. The van der Waals surface area contributed by atoms with Gasteiger partial charge in [-0.05, 0) is 54.7 Å². The van der Waals surface area contributed by atoms with Crippen LogP contribution in [0.4, 0.5) is 0 Å². The molecule has 4 heteroatoms. The van der Waals surface area contributed by atoms with Crippen molar-refractivity contribution in [2.75, 3.05) is 13.7 Å². The third-order valence-corrected chi connectivity index (χ3v) is 5.58. The summed E-state index contributed by atoms with van der Waals surface area (Å²) in [5.74, 6) is 1.11.